The Morgan fingerprint density at radius 3 is 2.70 bits per heavy atom. The number of hydrogen-bond donors (Lipinski definition) is 1. The zero-order chi connectivity index (χ0) is 18.9. The van der Waals surface area contributed by atoms with Crippen LogP contribution < -0.4 is 10.1 Å². The Balaban J connectivity index is 1.40. The van der Waals surface area contributed by atoms with Crippen LogP contribution in [0.1, 0.15) is 18.4 Å². The van der Waals surface area contributed by atoms with Crippen LogP contribution in [0.2, 0.25) is 0 Å². The second-order valence-corrected chi connectivity index (χ2v) is 6.17. The van der Waals surface area contributed by atoms with E-state index in [4.69, 9.17) is 9.47 Å². The molecule has 0 unspecified atom stereocenters. The van der Waals surface area contributed by atoms with E-state index in [-0.39, 0.29) is 25.2 Å². The molecule has 1 fully saturated rings. The summed E-state index contributed by atoms with van der Waals surface area (Å²) in [7, 11) is 0. The molecule has 27 heavy (non-hydrogen) atoms. The molecule has 0 saturated carbocycles. The molecule has 0 spiro atoms. The number of hydrogen-bond acceptors (Lipinski definition) is 6. The number of nitrogens with one attached hydrogen (secondary N) is 1. The van der Waals surface area contributed by atoms with Gasteiger partial charge in [0, 0.05) is 18.9 Å². The van der Waals surface area contributed by atoms with Gasteiger partial charge in [-0.1, -0.05) is 30.3 Å². The largest absolute Gasteiger partial charge is 0.458 e. The second kappa shape index (κ2) is 9.51. The number of piperidine rings is 1. The minimum Gasteiger partial charge on any atom is -0.458 e. The van der Waals surface area contributed by atoms with Crippen LogP contribution >= 0.6 is 0 Å². The monoisotopic (exact) mass is 370 g/mol. The van der Waals surface area contributed by atoms with Gasteiger partial charge in [0.15, 0.2) is 0 Å². The fraction of sp³-hybridized carbons (Fsp3) is 0.368. The van der Waals surface area contributed by atoms with E-state index in [0.29, 0.717) is 19.1 Å². The number of likely N-dealkylation sites (tertiary alicyclic amines) is 1. The van der Waals surface area contributed by atoms with Crippen LogP contribution in [-0.4, -0.2) is 52.6 Å². The highest BCUT2D eigenvalue weighted by Crippen LogP contribution is 2.15. The lowest BCUT2D eigenvalue weighted by Gasteiger charge is -2.32. The Labute approximate surface area is 157 Å². The second-order valence-electron chi connectivity index (χ2n) is 6.17. The summed E-state index contributed by atoms with van der Waals surface area (Å²) in [5.74, 6) is -0.172. The first-order chi connectivity index (χ1) is 13.2. The number of aromatic nitrogens is 2. The van der Waals surface area contributed by atoms with Crippen LogP contribution in [0, 0.1) is 0 Å². The summed E-state index contributed by atoms with van der Waals surface area (Å²) in [5.41, 5.74) is 0.887. The van der Waals surface area contributed by atoms with Gasteiger partial charge in [0.2, 0.25) is 5.91 Å². The highest BCUT2D eigenvalue weighted by molar-refractivity contribution is 5.82. The van der Waals surface area contributed by atoms with Gasteiger partial charge in [-0.2, -0.15) is 0 Å². The van der Waals surface area contributed by atoms with Crippen LogP contribution in [-0.2, 0) is 16.1 Å². The maximum Gasteiger partial charge on any atom is 0.407 e. The Kier molecular flexibility index (Phi) is 6.56. The average molecular weight is 370 g/mol. The maximum absolute atomic E-state index is 12.3. The molecule has 1 N–H and O–H groups in total. The number of ether oxygens (including phenoxy) is 2. The topological polar surface area (TPSA) is 93.7 Å². The molecule has 1 aliphatic heterocycles. The Morgan fingerprint density at radius 1 is 1.15 bits per heavy atom. The van der Waals surface area contributed by atoms with Crippen LogP contribution in [0.15, 0.2) is 48.8 Å². The van der Waals surface area contributed by atoms with Crippen molar-refractivity contribution in [2.75, 3.05) is 19.6 Å². The van der Waals surface area contributed by atoms with Gasteiger partial charge in [-0.15, -0.1) is 0 Å². The Hall–Kier alpha value is -3.16. The molecule has 1 atom stereocenters. The van der Waals surface area contributed by atoms with E-state index in [2.05, 4.69) is 15.3 Å². The summed E-state index contributed by atoms with van der Waals surface area (Å²) in [4.78, 5) is 33.9. The predicted molar refractivity (Wildman–Crippen MR) is 96.9 cm³/mol. The number of rotatable bonds is 6. The van der Waals surface area contributed by atoms with Crippen molar-refractivity contribution in [3.63, 3.8) is 0 Å². The zero-order valence-corrected chi connectivity index (χ0v) is 14.9. The summed E-state index contributed by atoms with van der Waals surface area (Å²) in [6, 6.07) is 11.4. The Morgan fingerprint density at radius 2 is 1.93 bits per heavy atom. The molecule has 8 heteroatoms. The molecule has 2 amide bonds. The standard InChI is InChI=1S/C19H22N4O4/c24-17(12-22-19(25)26-14-15-6-2-1-3-7-15)23-11-4-8-16(13-23)27-18-20-9-5-10-21-18/h1-3,5-7,9-10,16H,4,8,11-14H2,(H,22,25)/t16-/m0/s1. The molecule has 8 nitrogen and oxygen atoms in total. The number of alkyl carbamates (subject to hydrolysis) is 1. The summed E-state index contributed by atoms with van der Waals surface area (Å²) in [5, 5.41) is 2.50. The van der Waals surface area contributed by atoms with Gasteiger partial charge in [0.25, 0.3) is 0 Å². The van der Waals surface area contributed by atoms with Gasteiger partial charge in [0.1, 0.15) is 19.3 Å². The van der Waals surface area contributed by atoms with E-state index in [1.165, 1.54) is 0 Å². The fourth-order valence-electron chi connectivity index (χ4n) is 2.79. The molecule has 0 radical (unpaired) electrons. The molecule has 1 aromatic heterocycles. The number of carbonyl (C=O) groups excluding carboxylic acids is 2. The number of nitrogens with zero attached hydrogens (tertiary/aromatic N) is 3. The molecular formula is C19H22N4O4. The predicted octanol–water partition coefficient (Wildman–Crippen LogP) is 1.77. The highest BCUT2D eigenvalue weighted by atomic mass is 16.5. The van der Waals surface area contributed by atoms with Crippen molar-refractivity contribution in [1.29, 1.82) is 0 Å². The fourth-order valence-corrected chi connectivity index (χ4v) is 2.79. The summed E-state index contributed by atoms with van der Waals surface area (Å²) in [6.07, 6.45) is 4.10. The van der Waals surface area contributed by atoms with Gasteiger partial charge in [-0.25, -0.2) is 14.8 Å². The maximum atomic E-state index is 12.3. The van der Waals surface area contributed by atoms with Crippen molar-refractivity contribution >= 4 is 12.0 Å². The average Bonchev–Trinajstić information content (AvgIpc) is 2.72. The van der Waals surface area contributed by atoms with Gasteiger partial charge >= 0.3 is 12.1 Å². The van der Waals surface area contributed by atoms with E-state index in [9.17, 15) is 9.59 Å². The molecule has 1 saturated heterocycles. The summed E-state index contributed by atoms with van der Waals surface area (Å²) in [6.45, 7) is 1.13. The zero-order valence-electron chi connectivity index (χ0n) is 14.9. The van der Waals surface area contributed by atoms with E-state index < -0.39 is 6.09 Å². The van der Waals surface area contributed by atoms with Crippen molar-refractivity contribution in [3.05, 3.63) is 54.4 Å². The lowest BCUT2D eigenvalue weighted by molar-refractivity contribution is -0.132. The highest BCUT2D eigenvalue weighted by Gasteiger charge is 2.25. The van der Waals surface area contributed by atoms with E-state index >= 15 is 0 Å². The van der Waals surface area contributed by atoms with Crippen LogP contribution in [0.4, 0.5) is 4.79 Å². The molecule has 3 rings (SSSR count). The Bertz CT molecular complexity index is 742. The number of carbonyl (C=O) groups is 2. The van der Waals surface area contributed by atoms with Crippen molar-refractivity contribution in [2.45, 2.75) is 25.6 Å². The van der Waals surface area contributed by atoms with Crippen molar-refractivity contribution < 1.29 is 19.1 Å². The molecule has 1 aromatic carbocycles. The third kappa shape index (κ3) is 5.95. The lowest BCUT2D eigenvalue weighted by atomic mass is 10.1. The molecule has 0 bridgehead atoms. The molecule has 0 aliphatic carbocycles. The van der Waals surface area contributed by atoms with Crippen LogP contribution in [0.5, 0.6) is 6.01 Å². The SMILES string of the molecule is O=C(NCC(=O)N1CCC[C@H](Oc2ncccn2)C1)OCc1ccccc1. The first kappa shape index (κ1) is 18.6. The number of amides is 2. The summed E-state index contributed by atoms with van der Waals surface area (Å²) < 4.78 is 10.8. The molecule has 2 heterocycles. The third-order valence-corrected chi connectivity index (χ3v) is 4.14. The smallest absolute Gasteiger partial charge is 0.407 e. The van der Waals surface area contributed by atoms with E-state index in [1.54, 1.807) is 23.4 Å². The lowest BCUT2D eigenvalue weighted by Crippen LogP contribution is -2.48. The van der Waals surface area contributed by atoms with Crippen molar-refractivity contribution in [1.82, 2.24) is 20.2 Å². The molecule has 1 aliphatic rings. The van der Waals surface area contributed by atoms with Gasteiger partial charge in [0.05, 0.1) is 6.54 Å². The van der Waals surface area contributed by atoms with E-state index in [0.717, 1.165) is 18.4 Å². The number of benzene rings is 1. The molecule has 2 aromatic rings. The molecular weight excluding hydrogens is 348 g/mol. The molecule has 142 valence electrons. The van der Waals surface area contributed by atoms with Gasteiger partial charge < -0.3 is 19.7 Å². The van der Waals surface area contributed by atoms with Crippen molar-refractivity contribution in [3.8, 4) is 6.01 Å². The first-order valence-electron chi connectivity index (χ1n) is 8.87. The summed E-state index contributed by atoms with van der Waals surface area (Å²) >= 11 is 0. The minimum atomic E-state index is -0.616. The quantitative estimate of drug-likeness (QED) is 0.833. The van der Waals surface area contributed by atoms with Gasteiger partial charge in [-0.3, -0.25) is 4.79 Å². The van der Waals surface area contributed by atoms with Crippen LogP contribution in [0.25, 0.3) is 0 Å². The first-order valence-corrected chi connectivity index (χ1v) is 8.87. The normalized spacial score (nSPS) is 16.4. The van der Waals surface area contributed by atoms with Crippen LogP contribution in [0.3, 0.4) is 0 Å². The van der Waals surface area contributed by atoms with Gasteiger partial charge in [-0.05, 0) is 24.5 Å². The van der Waals surface area contributed by atoms with E-state index in [1.807, 2.05) is 30.3 Å². The minimum absolute atomic E-state index is 0.109. The van der Waals surface area contributed by atoms with Crippen molar-refractivity contribution in [2.24, 2.45) is 0 Å². The third-order valence-electron chi connectivity index (χ3n) is 4.14.